The molecule has 0 aliphatic carbocycles. The van der Waals surface area contributed by atoms with E-state index in [0.717, 1.165) is 17.9 Å². The molecule has 0 atom stereocenters. The SMILES string of the molecule is Cc1c(NN)ncnc1N(C)Cc1ccccc1. The zero-order valence-electron chi connectivity index (χ0n) is 10.6. The minimum Gasteiger partial charge on any atom is -0.355 e. The van der Waals surface area contributed by atoms with E-state index in [1.807, 2.05) is 32.2 Å². The summed E-state index contributed by atoms with van der Waals surface area (Å²) in [6.45, 7) is 2.74. The molecule has 1 heterocycles. The lowest BCUT2D eigenvalue weighted by Gasteiger charge is -2.20. The monoisotopic (exact) mass is 243 g/mol. The summed E-state index contributed by atoms with van der Waals surface area (Å²) in [5.41, 5.74) is 4.76. The van der Waals surface area contributed by atoms with Crippen molar-refractivity contribution >= 4 is 11.6 Å². The second-order valence-electron chi connectivity index (χ2n) is 4.16. The van der Waals surface area contributed by atoms with Gasteiger partial charge in [-0.3, -0.25) is 0 Å². The Morgan fingerprint density at radius 1 is 1.22 bits per heavy atom. The largest absolute Gasteiger partial charge is 0.355 e. The van der Waals surface area contributed by atoms with Gasteiger partial charge in [-0.2, -0.15) is 0 Å². The summed E-state index contributed by atoms with van der Waals surface area (Å²) < 4.78 is 0. The zero-order valence-corrected chi connectivity index (χ0v) is 10.6. The molecule has 0 aliphatic rings. The molecule has 0 saturated carbocycles. The van der Waals surface area contributed by atoms with Crippen molar-refractivity contribution in [2.75, 3.05) is 17.4 Å². The van der Waals surface area contributed by atoms with E-state index in [0.29, 0.717) is 5.82 Å². The van der Waals surface area contributed by atoms with Gasteiger partial charge in [-0.1, -0.05) is 30.3 Å². The number of anilines is 2. The van der Waals surface area contributed by atoms with Gasteiger partial charge in [0.05, 0.1) is 0 Å². The van der Waals surface area contributed by atoms with Gasteiger partial charge in [-0.05, 0) is 12.5 Å². The van der Waals surface area contributed by atoms with Crippen molar-refractivity contribution < 1.29 is 0 Å². The molecule has 5 heteroatoms. The fourth-order valence-corrected chi connectivity index (χ4v) is 1.90. The predicted octanol–water partition coefficient (Wildman–Crippen LogP) is 1.71. The average molecular weight is 243 g/mol. The lowest BCUT2D eigenvalue weighted by atomic mass is 10.2. The van der Waals surface area contributed by atoms with Crippen molar-refractivity contribution in [1.82, 2.24) is 9.97 Å². The molecule has 0 spiro atoms. The number of nitrogen functional groups attached to an aromatic ring is 1. The van der Waals surface area contributed by atoms with Crippen molar-refractivity contribution in [3.8, 4) is 0 Å². The third-order valence-corrected chi connectivity index (χ3v) is 2.82. The maximum absolute atomic E-state index is 5.41. The Balaban J connectivity index is 2.21. The van der Waals surface area contributed by atoms with Crippen LogP contribution in [0.15, 0.2) is 36.7 Å². The fourth-order valence-electron chi connectivity index (χ4n) is 1.90. The van der Waals surface area contributed by atoms with E-state index in [9.17, 15) is 0 Å². The van der Waals surface area contributed by atoms with E-state index in [-0.39, 0.29) is 0 Å². The van der Waals surface area contributed by atoms with Crippen LogP contribution in [0.2, 0.25) is 0 Å². The summed E-state index contributed by atoms with van der Waals surface area (Å²) >= 11 is 0. The first kappa shape index (κ1) is 12.3. The molecule has 1 aromatic heterocycles. The molecule has 0 bridgehead atoms. The van der Waals surface area contributed by atoms with Gasteiger partial charge in [0.15, 0.2) is 0 Å². The minimum absolute atomic E-state index is 0.653. The Hall–Kier alpha value is -2.14. The van der Waals surface area contributed by atoms with Crippen LogP contribution >= 0.6 is 0 Å². The zero-order chi connectivity index (χ0) is 13.0. The predicted molar refractivity (Wildman–Crippen MR) is 73.1 cm³/mol. The standard InChI is InChI=1S/C13H17N5/c1-10-12(17-14)15-9-16-13(10)18(2)8-11-6-4-3-5-7-11/h3-7,9H,8,14H2,1-2H3,(H,15,16,17). The highest BCUT2D eigenvalue weighted by Gasteiger charge is 2.10. The van der Waals surface area contributed by atoms with Crippen molar-refractivity contribution in [2.45, 2.75) is 13.5 Å². The summed E-state index contributed by atoms with van der Waals surface area (Å²) in [6, 6.07) is 10.3. The number of hydrogen-bond donors (Lipinski definition) is 2. The van der Waals surface area contributed by atoms with Gasteiger partial charge in [0, 0.05) is 19.2 Å². The number of hydrazine groups is 1. The Morgan fingerprint density at radius 2 is 1.94 bits per heavy atom. The van der Waals surface area contributed by atoms with Gasteiger partial charge in [0.1, 0.15) is 18.0 Å². The van der Waals surface area contributed by atoms with Crippen molar-refractivity contribution in [3.05, 3.63) is 47.8 Å². The number of benzene rings is 1. The van der Waals surface area contributed by atoms with E-state index in [1.54, 1.807) is 0 Å². The van der Waals surface area contributed by atoms with Crippen LogP contribution < -0.4 is 16.2 Å². The molecule has 2 rings (SSSR count). The van der Waals surface area contributed by atoms with Crippen LogP contribution in [0.3, 0.4) is 0 Å². The van der Waals surface area contributed by atoms with E-state index in [1.165, 1.54) is 11.9 Å². The number of nitrogens with two attached hydrogens (primary N) is 1. The second-order valence-corrected chi connectivity index (χ2v) is 4.16. The maximum Gasteiger partial charge on any atom is 0.148 e. The van der Waals surface area contributed by atoms with Crippen LogP contribution in [0.4, 0.5) is 11.6 Å². The molecule has 0 unspecified atom stereocenters. The normalized spacial score (nSPS) is 10.2. The highest BCUT2D eigenvalue weighted by molar-refractivity contribution is 5.57. The molecule has 0 fully saturated rings. The molecule has 0 amide bonds. The molecule has 18 heavy (non-hydrogen) atoms. The topological polar surface area (TPSA) is 67.1 Å². The minimum atomic E-state index is 0.653. The van der Waals surface area contributed by atoms with E-state index >= 15 is 0 Å². The average Bonchev–Trinajstić information content (AvgIpc) is 2.40. The highest BCUT2D eigenvalue weighted by Crippen LogP contribution is 2.21. The third-order valence-electron chi connectivity index (χ3n) is 2.82. The van der Waals surface area contributed by atoms with Gasteiger partial charge in [0.25, 0.3) is 0 Å². The van der Waals surface area contributed by atoms with Crippen molar-refractivity contribution in [3.63, 3.8) is 0 Å². The molecule has 94 valence electrons. The van der Waals surface area contributed by atoms with Crippen LogP contribution in [0.25, 0.3) is 0 Å². The molecule has 1 aromatic carbocycles. The Morgan fingerprint density at radius 3 is 2.61 bits per heavy atom. The molecule has 2 aromatic rings. The lowest BCUT2D eigenvalue weighted by molar-refractivity contribution is 0.882. The maximum atomic E-state index is 5.41. The van der Waals surface area contributed by atoms with Crippen molar-refractivity contribution in [1.29, 1.82) is 0 Å². The molecule has 5 nitrogen and oxygen atoms in total. The van der Waals surface area contributed by atoms with Gasteiger partial charge in [-0.15, -0.1) is 0 Å². The number of nitrogens with zero attached hydrogens (tertiary/aromatic N) is 3. The molecule has 0 saturated heterocycles. The Kier molecular flexibility index (Phi) is 3.74. The van der Waals surface area contributed by atoms with Crippen LogP contribution in [0, 0.1) is 6.92 Å². The van der Waals surface area contributed by atoms with Crippen LogP contribution in [0.5, 0.6) is 0 Å². The van der Waals surface area contributed by atoms with E-state index in [2.05, 4.69) is 32.4 Å². The van der Waals surface area contributed by atoms with Crippen molar-refractivity contribution in [2.24, 2.45) is 5.84 Å². The third kappa shape index (κ3) is 2.57. The van der Waals surface area contributed by atoms with Crippen LogP contribution in [-0.2, 0) is 6.54 Å². The summed E-state index contributed by atoms with van der Waals surface area (Å²) in [5.74, 6) is 6.94. The second kappa shape index (κ2) is 5.46. The summed E-state index contributed by atoms with van der Waals surface area (Å²) in [6.07, 6.45) is 1.51. The first-order valence-electron chi connectivity index (χ1n) is 5.75. The number of hydrogen-bond acceptors (Lipinski definition) is 5. The van der Waals surface area contributed by atoms with Crippen LogP contribution in [-0.4, -0.2) is 17.0 Å². The van der Waals surface area contributed by atoms with E-state index in [4.69, 9.17) is 5.84 Å². The smallest absolute Gasteiger partial charge is 0.148 e. The van der Waals surface area contributed by atoms with Gasteiger partial charge >= 0.3 is 0 Å². The molecule has 0 aliphatic heterocycles. The number of nitrogens with one attached hydrogen (secondary N) is 1. The first-order valence-corrected chi connectivity index (χ1v) is 5.75. The number of rotatable bonds is 4. The molecule has 3 N–H and O–H groups in total. The highest BCUT2D eigenvalue weighted by atomic mass is 15.3. The van der Waals surface area contributed by atoms with E-state index < -0.39 is 0 Å². The summed E-state index contributed by atoms with van der Waals surface area (Å²) in [4.78, 5) is 10.5. The Labute approximate surface area is 107 Å². The number of aromatic nitrogens is 2. The Bertz CT molecular complexity index is 512. The fraction of sp³-hybridized carbons (Fsp3) is 0.231. The molecular formula is C13H17N5. The van der Waals surface area contributed by atoms with Gasteiger partial charge < -0.3 is 10.3 Å². The lowest BCUT2D eigenvalue weighted by Crippen LogP contribution is -2.20. The van der Waals surface area contributed by atoms with Crippen LogP contribution in [0.1, 0.15) is 11.1 Å². The first-order chi connectivity index (χ1) is 8.72. The molecule has 0 radical (unpaired) electrons. The van der Waals surface area contributed by atoms with Gasteiger partial charge in [-0.25, -0.2) is 15.8 Å². The quantitative estimate of drug-likeness (QED) is 0.632. The summed E-state index contributed by atoms with van der Waals surface area (Å²) in [7, 11) is 2.00. The summed E-state index contributed by atoms with van der Waals surface area (Å²) in [5, 5.41) is 0. The van der Waals surface area contributed by atoms with Gasteiger partial charge in [0.2, 0.25) is 0 Å². The molecular weight excluding hydrogens is 226 g/mol.